The number of methoxy groups -OCH3 is 1. The topological polar surface area (TPSA) is 41.6 Å². The van der Waals surface area contributed by atoms with Gasteiger partial charge < -0.3 is 9.64 Å². The number of benzene rings is 1. The Morgan fingerprint density at radius 2 is 2.26 bits per heavy atom. The normalized spacial score (nSPS) is 22.9. The molecule has 1 saturated carbocycles. The van der Waals surface area contributed by atoms with E-state index in [1.807, 2.05) is 29.2 Å². The van der Waals surface area contributed by atoms with E-state index in [1.165, 1.54) is 12.8 Å². The molecule has 0 aromatic heterocycles. The van der Waals surface area contributed by atoms with E-state index in [0.29, 0.717) is 6.54 Å². The lowest BCUT2D eigenvalue weighted by Gasteiger charge is -2.25. The molecule has 4 heteroatoms. The molecular weight excluding hydrogens is 240 g/mol. The van der Waals surface area contributed by atoms with Gasteiger partial charge in [-0.05, 0) is 30.0 Å². The van der Waals surface area contributed by atoms with Gasteiger partial charge in [0.15, 0.2) is 0 Å². The monoisotopic (exact) mass is 260 g/mol. The molecule has 1 aliphatic carbocycles. The molecule has 3 rings (SSSR count). The lowest BCUT2D eigenvalue weighted by molar-refractivity contribution is -0.128. The van der Waals surface area contributed by atoms with E-state index < -0.39 is 0 Å². The number of amides is 1. The van der Waals surface area contributed by atoms with Gasteiger partial charge in [0.1, 0.15) is 11.9 Å². The average molecular weight is 260 g/mol. The molecule has 1 aromatic rings. The first-order chi connectivity index (χ1) is 9.28. The molecule has 102 valence electrons. The highest BCUT2D eigenvalue weighted by atomic mass is 16.5. The van der Waals surface area contributed by atoms with Crippen LogP contribution in [-0.2, 0) is 4.79 Å². The Labute approximate surface area is 113 Å². The highest BCUT2D eigenvalue weighted by Gasteiger charge is 2.33. The largest absolute Gasteiger partial charge is 0.497 e. The minimum atomic E-state index is 0.00125. The van der Waals surface area contributed by atoms with E-state index in [2.05, 4.69) is 5.32 Å². The number of hydrogen-bond donors (Lipinski definition) is 1. The fourth-order valence-corrected chi connectivity index (χ4v) is 2.63. The Kier molecular flexibility index (Phi) is 3.42. The van der Waals surface area contributed by atoms with Gasteiger partial charge >= 0.3 is 0 Å². The molecule has 1 N–H and O–H groups in total. The van der Waals surface area contributed by atoms with E-state index in [9.17, 15) is 4.79 Å². The minimum absolute atomic E-state index is 0.00125. The number of carbonyl (C=O) groups excluding carboxylic acids is 1. The van der Waals surface area contributed by atoms with Crippen LogP contribution in [-0.4, -0.2) is 31.0 Å². The van der Waals surface area contributed by atoms with Gasteiger partial charge in [0.05, 0.1) is 13.7 Å². The third-order valence-electron chi connectivity index (χ3n) is 3.96. The van der Waals surface area contributed by atoms with E-state index in [4.69, 9.17) is 4.74 Å². The summed E-state index contributed by atoms with van der Waals surface area (Å²) in [5, 5.41) is 3.29. The van der Waals surface area contributed by atoms with E-state index >= 15 is 0 Å². The van der Waals surface area contributed by atoms with Crippen molar-refractivity contribution in [3.8, 4) is 5.75 Å². The standard InChI is InChI=1S/C15H20N2O2/c1-19-13-4-2-3-12(9-13)15-16-10-14(18)17(15)8-7-11-5-6-11/h2-4,9,11,15-16H,5-8,10H2,1H3. The maximum atomic E-state index is 12.0. The summed E-state index contributed by atoms with van der Waals surface area (Å²) in [6, 6.07) is 7.94. The quantitative estimate of drug-likeness (QED) is 0.879. The molecule has 1 aliphatic heterocycles. The summed E-state index contributed by atoms with van der Waals surface area (Å²) in [7, 11) is 1.66. The van der Waals surface area contributed by atoms with Crippen molar-refractivity contribution < 1.29 is 9.53 Å². The van der Waals surface area contributed by atoms with Crippen molar-refractivity contribution in [3.63, 3.8) is 0 Å². The molecule has 2 aliphatic rings. The summed E-state index contributed by atoms with van der Waals surface area (Å²) in [5.74, 6) is 1.88. The van der Waals surface area contributed by atoms with Gasteiger partial charge in [-0.2, -0.15) is 0 Å². The second-order valence-corrected chi connectivity index (χ2v) is 5.38. The van der Waals surface area contributed by atoms with Crippen molar-refractivity contribution in [1.29, 1.82) is 0 Å². The van der Waals surface area contributed by atoms with Gasteiger partial charge in [-0.15, -0.1) is 0 Å². The minimum Gasteiger partial charge on any atom is -0.497 e. The maximum Gasteiger partial charge on any atom is 0.238 e. The number of carbonyl (C=O) groups is 1. The van der Waals surface area contributed by atoms with Crippen molar-refractivity contribution in [2.24, 2.45) is 5.92 Å². The first-order valence-corrected chi connectivity index (χ1v) is 6.95. The van der Waals surface area contributed by atoms with Crippen LogP contribution in [0.3, 0.4) is 0 Å². The van der Waals surface area contributed by atoms with Crippen molar-refractivity contribution in [2.75, 3.05) is 20.2 Å². The van der Waals surface area contributed by atoms with Gasteiger partial charge in [0.2, 0.25) is 5.91 Å². The van der Waals surface area contributed by atoms with Crippen LogP contribution in [0.25, 0.3) is 0 Å². The zero-order valence-electron chi connectivity index (χ0n) is 11.3. The van der Waals surface area contributed by atoms with Crippen LogP contribution >= 0.6 is 0 Å². The molecule has 2 fully saturated rings. The van der Waals surface area contributed by atoms with E-state index in [1.54, 1.807) is 7.11 Å². The Morgan fingerprint density at radius 1 is 1.42 bits per heavy atom. The number of ether oxygens (including phenoxy) is 1. The number of hydrogen-bond acceptors (Lipinski definition) is 3. The summed E-state index contributed by atoms with van der Waals surface area (Å²) in [4.78, 5) is 13.9. The molecule has 0 bridgehead atoms. The van der Waals surface area contributed by atoms with Gasteiger partial charge in [-0.25, -0.2) is 0 Å². The van der Waals surface area contributed by atoms with Crippen molar-refractivity contribution >= 4 is 5.91 Å². The highest BCUT2D eigenvalue weighted by molar-refractivity contribution is 5.81. The lowest BCUT2D eigenvalue weighted by Crippen LogP contribution is -2.31. The smallest absolute Gasteiger partial charge is 0.238 e. The zero-order valence-corrected chi connectivity index (χ0v) is 11.3. The van der Waals surface area contributed by atoms with Crippen molar-refractivity contribution in [1.82, 2.24) is 10.2 Å². The summed E-state index contributed by atoms with van der Waals surface area (Å²) >= 11 is 0. The predicted molar refractivity (Wildman–Crippen MR) is 72.8 cm³/mol. The first kappa shape index (κ1) is 12.5. The lowest BCUT2D eigenvalue weighted by atomic mass is 10.1. The third kappa shape index (κ3) is 2.73. The van der Waals surface area contributed by atoms with Crippen molar-refractivity contribution in [3.05, 3.63) is 29.8 Å². The highest BCUT2D eigenvalue weighted by Crippen LogP contribution is 2.34. The number of rotatable bonds is 5. The second kappa shape index (κ2) is 5.21. The predicted octanol–water partition coefficient (Wildman–Crippen LogP) is 1.93. The molecule has 1 saturated heterocycles. The number of nitrogens with zero attached hydrogens (tertiary/aromatic N) is 1. The Hall–Kier alpha value is -1.55. The molecule has 19 heavy (non-hydrogen) atoms. The molecule has 1 atom stereocenters. The Bertz CT molecular complexity index is 471. The fourth-order valence-electron chi connectivity index (χ4n) is 2.63. The SMILES string of the molecule is COc1cccc(C2NCC(=O)N2CCC2CC2)c1. The van der Waals surface area contributed by atoms with Gasteiger partial charge in [0, 0.05) is 6.54 Å². The van der Waals surface area contributed by atoms with Gasteiger partial charge in [0.25, 0.3) is 0 Å². The van der Waals surface area contributed by atoms with Crippen LogP contribution in [0.2, 0.25) is 0 Å². The van der Waals surface area contributed by atoms with Crippen LogP contribution in [0.15, 0.2) is 24.3 Å². The third-order valence-corrected chi connectivity index (χ3v) is 3.96. The molecule has 1 unspecified atom stereocenters. The van der Waals surface area contributed by atoms with Crippen molar-refractivity contribution in [2.45, 2.75) is 25.4 Å². The summed E-state index contributed by atoms with van der Waals surface area (Å²) < 4.78 is 5.25. The molecule has 1 amide bonds. The van der Waals surface area contributed by atoms with E-state index in [-0.39, 0.29) is 12.1 Å². The van der Waals surface area contributed by atoms with Crippen LogP contribution in [0.5, 0.6) is 5.75 Å². The first-order valence-electron chi connectivity index (χ1n) is 6.95. The van der Waals surface area contributed by atoms with E-state index in [0.717, 1.165) is 30.2 Å². The molecule has 1 heterocycles. The van der Waals surface area contributed by atoms with Crippen LogP contribution in [0, 0.1) is 5.92 Å². The van der Waals surface area contributed by atoms with Gasteiger partial charge in [-0.1, -0.05) is 25.0 Å². The summed E-state index contributed by atoms with van der Waals surface area (Å²) in [6.45, 7) is 1.30. The van der Waals surface area contributed by atoms with Crippen LogP contribution in [0.4, 0.5) is 0 Å². The molecule has 1 aromatic carbocycles. The Balaban J connectivity index is 1.74. The van der Waals surface area contributed by atoms with Gasteiger partial charge in [-0.3, -0.25) is 10.1 Å². The average Bonchev–Trinajstić information content (AvgIpc) is 3.20. The fraction of sp³-hybridized carbons (Fsp3) is 0.533. The van der Waals surface area contributed by atoms with Crippen LogP contribution < -0.4 is 10.1 Å². The molecule has 4 nitrogen and oxygen atoms in total. The summed E-state index contributed by atoms with van der Waals surface area (Å²) in [6.07, 6.45) is 3.80. The molecule has 0 spiro atoms. The maximum absolute atomic E-state index is 12.0. The zero-order chi connectivity index (χ0) is 13.2. The molecule has 0 radical (unpaired) electrons. The Morgan fingerprint density at radius 3 is 3.00 bits per heavy atom. The summed E-state index contributed by atoms with van der Waals surface area (Å²) in [5.41, 5.74) is 1.10. The van der Waals surface area contributed by atoms with Crippen LogP contribution in [0.1, 0.15) is 31.0 Å². The number of nitrogens with one attached hydrogen (secondary N) is 1. The second-order valence-electron chi connectivity index (χ2n) is 5.38. The molecular formula is C15H20N2O2.